The first-order chi connectivity index (χ1) is 12.8. The van der Waals surface area contributed by atoms with Crippen LogP contribution in [0, 0.1) is 0 Å². The average molecular weight is 460 g/mol. The molecule has 0 saturated carbocycles. The van der Waals surface area contributed by atoms with Gasteiger partial charge in [0.25, 0.3) is 0 Å². The Morgan fingerprint density at radius 3 is 2.37 bits per heavy atom. The topological polar surface area (TPSA) is 17.8 Å². The van der Waals surface area contributed by atoms with E-state index in [1.165, 1.54) is 5.56 Å². The van der Waals surface area contributed by atoms with Crippen LogP contribution >= 0.6 is 58.2 Å². The van der Waals surface area contributed by atoms with Crippen LogP contribution in [0.4, 0.5) is 0 Å². The van der Waals surface area contributed by atoms with Crippen LogP contribution in [0.25, 0.3) is 0 Å². The van der Waals surface area contributed by atoms with Gasteiger partial charge in [0.15, 0.2) is 0 Å². The van der Waals surface area contributed by atoms with Crippen LogP contribution in [-0.4, -0.2) is 14.3 Å². The van der Waals surface area contributed by atoms with E-state index in [0.29, 0.717) is 15.1 Å². The van der Waals surface area contributed by atoms with E-state index in [-0.39, 0.29) is 4.75 Å². The van der Waals surface area contributed by atoms with Gasteiger partial charge in [-0.1, -0.05) is 58.5 Å². The molecule has 3 aromatic rings. The van der Waals surface area contributed by atoms with Gasteiger partial charge in [0.2, 0.25) is 0 Å². The summed E-state index contributed by atoms with van der Waals surface area (Å²) >= 11 is 26.4. The molecule has 0 aliphatic rings. The van der Waals surface area contributed by atoms with E-state index in [9.17, 15) is 0 Å². The molecule has 0 aliphatic heterocycles. The smallest absolute Gasteiger partial charge is 0.0946 e. The van der Waals surface area contributed by atoms with Crippen LogP contribution in [0.2, 0.25) is 20.1 Å². The summed E-state index contributed by atoms with van der Waals surface area (Å²) in [6.07, 6.45) is 7.45. The number of rotatable bonds is 7. The SMILES string of the molecule is CC(CCc1ccc(Cl)cc1)(Cn1ccnc1)Sc1cc(Cl)c(Cl)cc1Cl. The normalized spacial score (nSPS) is 13.5. The number of nitrogens with zero attached hydrogens (tertiary/aromatic N) is 2. The fourth-order valence-electron chi connectivity index (χ4n) is 2.84. The number of hydrogen-bond donors (Lipinski definition) is 0. The van der Waals surface area contributed by atoms with E-state index in [1.807, 2.05) is 30.7 Å². The summed E-state index contributed by atoms with van der Waals surface area (Å²) in [7, 11) is 0. The van der Waals surface area contributed by atoms with Crippen LogP contribution in [0.3, 0.4) is 0 Å². The largest absolute Gasteiger partial charge is 0.336 e. The van der Waals surface area contributed by atoms with Crippen molar-refractivity contribution in [3.63, 3.8) is 0 Å². The Bertz CT molecular complexity index is 897. The highest BCUT2D eigenvalue weighted by atomic mass is 35.5. The van der Waals surface area contributed by atoms with E-state index in [0.717, 1.165) is 29.3 Å². The van der Waals surface area contributed by atoms with Crippen molar-refractivity contribution in [3.8, 4) is 0 Å². The van der Waals surface area contributed by atoms with Gasteiger partial charge in [-0.2, -0.15) is 0 Å². The molecule has 0 radical (unpaired) electrons. The summed E-state index contributed by atoms with van der Waals surface area (Å²) in [5.41, 5.74) is 1.25. The molecule has 7 heteroatoms. The van der Waals surface area contributed by atoms with Gasteiger partial charge in [0.05, 0.1) is 21.4 Å². The van der Waals surface area contributed by atoms with E-state index in [4.69, 9.17) is 46.4 Å². The molecule has 2 aromatic carbocycles. The molecule has 0 bridgehead atoms. The first-order valence-corrected chi connectivity index (χ1v) is 10.7. The highest BCUT2D eigenvalue weighted by Gasteiger charge is 2.28. The van der Waals surface area contributed by atoms with Gasteiger partial charge in [0, 0.05) is 33.6 Å². The van der Waals surface area contributed by atoms with E-state index >= 15 is 0 Å². The van der Waals surface area contributed by atoms with Crippen molar-refractivity contribution in [1.29, 1.82) is 0 Å². The highest BCUT2D eigenvalue weighted by molar-refractivity contribution is 8.00. The molecule has 0 fully saturated rings. The molecule has 3 rings (SSSR count). The lowest BCUT2D eigenvalue weighted by Gasteiger charge is -2.30. The monoisotopic (exact) mass is 458 g/mol. The molecular weight excluding hydrogens is 442 g/mol. The lowest BCUT2D eigenvalue weighted by atomic mass is 10.00. The summed E-state index contributed by atoms with van der Waals surface area (Å²) in [6.45, 7) is 3.02. The molecule has 142 valence electrons. The van der Waals surface area contributed by atoms with Crippen LogP contribution in [0.15, 0.2) is 60.0 Å². The van der Waals surface area contributed by atoms with Crippen molar-refractivity contribution in [3.05, 3.63) is 80.8 Å². The third-order valence-corrected chi connectivity index (χ3v) is 7.05. The first-order valence-electron chi connectivity index (χ1n) is 8.38. The molecule has 0 amide bonds. The van der Waals surface area contributed by atoms with E-state index in [1.54, 1.807) is 24.0 Å². The van der Waals surface area contributed by atoms with Crippen LogP contribution in [-0.2, 0) is 13.0 Å². The molecule has 1 unspecified atom stereocenters. The van der Waals surface area contributed by atoms with Crippen molar-refractivity contribution in [2.75, 3.05) is 0 Å². The second kappa shape index (κ2) is 9.11. The number of benzene rings is 2. The standard InChI is InChI=1S/C20H18Cl4N2S/c1-20(12-26-9-8-25-13-26,7-6-14-2-4-15(21)5-3-14)27-19-11-17(23)16(22)10-18(19)24/h2-5,8-11,13H,6-7,12H2,1H3. The minimum Gasteiger partial charge on any atom is -0.336 e. The maximum Gasteiger partial charge on any atom is 0.0946 e. The molecule has 27 heavy (non-hydrogen) atoms. The second-order valence-electron chi connectivity index (χ2n) is 6.61. The van der Waals surface area contributed by atoms with Crippen LogP contribution in [0.5, 0.6) is 0 Å². The summed E-state index contributed by atoms with van der Waals surface area (Å²) in [5.74, 6) is 0. The number of thioether (sulfide) groups is 1. The predicted octanol–water partition coefficient (Wildman–Crippen LogP) is 7.68. The minimum absolute atomic E-state index is 0.124. The molecule has 0 aliphatic carbocycles. The fourth-order valence-corrected chi connectivity index (χ4v) is 4.97. The van der Waals surface area contributed by atoms with E-state index in [2.05, 4.69) is 28.6 Å². The van der Waals surface area contributed by atoms with Crippen molar-refractivity contribution in [2.45, 2.75) is 36.0 Å². The molecule has 1 atom stereocenters. The maximum absolute atomic E-state index is 6.43. The number of imidazole rings is 1. The average Bonchev–Trinajstić information content (AvgIpc) is 3.12. The number of aromatic nitrogens is 2. The Labute approximate surface area is 183 Å². The van der Waals surface area contributed by atoms with Gasteiger partial charge >= 0.3 is 0 Å². The maximum atomic E-state index is 6.43. The van der Waals surface area contributed by atoms with Gasteiger partial charge in [-0.25, -0.2) is 4.98 Å². The van der Waals surface area contributed by atoms with Crippen LogP contribution < -0.4 is 0 Å². The third kappa shape index (κ3) is 5.82. The van der Waals surface area contributed by atoms with E-state index < -0.39 is 0 Å². The zero-order valence-corrected chi connectivity index (χ0v) is 18.5. The third-order valence-electron chi connectivity index (χ3n) is 4.26. The quantitative estimate of drug-likeness (QED) is 0.266. The molecule has 1 aromatic heterocycles. The lowest BCUT2D eigenvalue weighted by Crippen LogP contribution is -2.27. The molecular formula is C20H18Cl4N2S. The molecule has 0 spiro atoms. The summed E-state index contributed by atoms with van der Waals surface area (Å²) < 4.78 is 1.96. The van der Waals surface area contributed by atoms with Crippen molar-refractivity contribution in [2.24, 2.45) is 0 Å². The summed E-state index contributed by atoms with van der Waals surface area (Å²) in [6, 6.07) is 11.5. The summed E-state index contributed by atoms with van der Waals surface area (Å²) in [4.78, 5) is 5.08. The number of aryl methyl sites for hydroxylation is 1. The molecule has 2 nitrogen and oxygen atoms in total. The summed E-state index contributed by atoms with van der Waals surface area (Å²) in [5, 5.41) is 2.32. The highest BCUT2D eigenvalue weighted by Crippen LogP contribution is 2.43. The Balaban J connectivity index is 1.83. The molecule has 0 saturated heterocycles. The van der Waals surface area contributed by atoms with Gasteiger partial charge < -0.3 is 4.57 Å². The minimum atomic E-state index is -0.124. The van der Waals surface area contributed by atoms with Crippen molar-refractivity contribution < 1.29 is 0 Å². The number of halogens is 4. The van der Waals surface area contributed by atoms with Gasteiger partial charge in [0.1, 0.15) is 0 Å². The van der Waals surface area contributed by atoms with Crippen LogP contribution in [0.1, 0.15) is 18.9 Å². The Morgan fingerprint density at radius 1 is 1.00 bits per heavy atom. The lowest BCUT2D eigenvalue weighted by molar-refractivity contribution is 0.495. The first kappa shape index (κ1) is 20.9. The fraction of sp³-hybridized carbons (Fsp3) is 0.250. The van der Waals surface area contributed by atoms with Gasteiger partial charge in [-0.05, 0) is 49.6 Å². The zero-order chi connectivity index (χ0) is 19.4. The predicted molar refractivity (Wildman–Crippen MR) is 118 cm³/mol. The second-order valence-corrected chi connectivity index (χ2v) is 9.90. The molecule has 0 N–H and O–H groups in total. The zero-order valence-electron chi connectivity index (χ0n) is 14.6. The molecule has 1 heterocycles. The van der Waals surface area contributed by atoms with Crippen molar-refractivity contribution in [1.82, 2.24) is 9.55 Å². The Hall–Kier alpha value is -0.840. The Kier molecular flexibility index (Phi) is 7.04. The number of hydrogen-bond acceptors (Lipinski definition) is 2. The van der Waals surface area contributed by atoms with Crippen molar-refractivity contribution >= 4 is 58.2 Å². The van der Waals surface area contributed by atoms with Gasteiger partial charge in [-0.15, -0.1) is 11.8 Å². The van der Waals surface area contributed by atoms with Gasteiger partial charge in [-0.3, -0.25) is 0 Å². The Morgan fingerprint density at radius 2 is 1.70 bits per heavy atom.